The summed E-state index contributed by atoms with van der Waals surface area (Å²) in [7, 11) is 0. The number of aromatic nitrogens is 1. The van der Waals surface area contributed by atoms with Crippen molar-refractivity contribution in [3.05, 3.63) is 55.0 Å². The summed E-state index contributed by atoms with van der Waals surface area (Å²) in [5.41, 5.74) is 0. The predicted molar refractivity (Wildman–Crippen MR) is 56.5 cm³/mol. The molecule has 0 aromatic carbocycles. The van der Waals surface area contributed by atoms with Gasteiger partial charge in [-0.2, -0.15) is 4.57 Å². The van der Waals surface area contributed by atoms with E-state index in [2.05, 4.69) is 0 Å². The zero-order valence-corrected chi connectivity index (χ0v) is 11.1. The number of carbonyl (C=O) groups excluding carboxylic acids is 1. The molecule has 16 heavy (non-hydrogen) atoms. The Labute approximate surface area is 112 Å². The average molecular weight is 328 g/mol. The Bertz CT molecular complexity index is 414. The topological polar surface area (TPSA) is 24.2 Å². The zero-order valence-electron chi connectivity index (χ0n) is 8.95. The van der Waals surface area contributed by atoms with Crippen molar-refractivity contribution in [3.63, 3.8) is 0 Å². The van der Waals surface area contributed by atoms with E-state index in [-0.39, 0.29) is 36.0 Å². The average Bonchev–Trinajstić information content (AvgIpc) is 2.30. The summed E-state index contributed by atoms with van der Waals surface area (Å²) in [6.07, 6.45) is 11.4. The summed E-state index contributed by atoms with van der Waals surface area (Å²) in [6.45, 7) is 1.57. The molecule has 1 amide bonds. The smallest absolute Gasteiger partial charge is 0.259 e. The van der Waals surface area contributed by atoms with Gasteiger partial charge < -0.3 is 24.0 Å². The van der Waals surface area contributed by atoms with Gasteiger partial charge in [-0.05, 0) is 6.08 Å². The predicted octanol–water partition coefficient (Wildman–Crippen LogP) is -1.59. The number of rotatable bonds is 1. The van der Waals surface area contributed by atoms with Crippen LogP contribution in [0.1, 0.15) is 13.1 Å². The van der Waals surface area contributed by atoms with Crippen LogP contribution in [0, 0.1) is 0 Å². The fourth-order valence-electron chi connectivity index (χ4n) is 1.61. The third-order valence-electron chi connectivity index (χ3n) is 2.33. The molecule has 84 valence electrons. The molecule has 4 heteroatoms. The quantitative estimate of drug-likeness (QED) is 0.451. The molecule has 0 bridgehead atoms. The van der Waals surface area contributed by atoms with Gasteiger partial charge in [0.1, 0.15) is 0 Å². The summed E-state index contributed by atoms with van der Waals surface area (Å²) >= 11 is 0. The second-order valence-electron chi connectivity index (χ2n) is 3.39. The molecule has 1 unspecified atom stereocenters. The lowest BCUT2D eigenvalue weighted by molar-refractivity contribution is -0.727. The van der Waals surface area contributed by atoms with Gasteiger partial charge in [-0.1, -0.05) is 12.1 Å². The summed E-state index contributed by atoms with van der Waals surface area (Å²) in [5.74, 6) is 0.0388. The molecule has 2 heterocycles. The van der Waals surface area contributed by atoms with Crippen LogP contribution in [0.5, 0.6) is 0 Å². The number of hydrogen-bond donors (Lipinski definition) is 0. The highest BCUT2D eigenvalue weighted by atomic mass is 127. The van der Waals surface area contributed by atoms with Crippen molar-refractivity contribution < 1.29 is 33.3 Å². The van der Waals surface area contributed by atoms with E-state index in [9.17, 15) is 4.79 Å². The largest absolute Gasteiger partial charge is 1.00 e. The number of carbonyl (C=O) groups is 1. The molecule has 1 aliphatic heterocycles. The molecule has 3 nitrogen and oxygen atoms in total. The van der Waals surface area contributed by atoms with Crippen LogP contribution >= 0.6 is 0 Å². The third kappa shape index (κ3) is 2.69. The first-order chi connectivity index (χ1) is 7.29. The molecule has 2 rings (SSSR count). The van der Waals surface area contributed by atoms with Gasteiger partial charge in [0, 0.05) is 31.3 Å². The van der Waals surface area contributed by atoms with Gasteiger partial charge in [-0.15, -0.1) is 0 Å². The number of hydrogen-bond acceptors (Lipinski definition) is 1. The summed E-state index contributed by atoms with van der Waals surface area (Å²) in [4.78, 5) is 13.1. The highest BCUT2D eigenvalue weighted by Crippen LogP contribution is 2.13. The highest BCUT2D eigenvalue weighted by Gasteiger charge is 2.25. The molecule has 1 aliphatic rings. The standard InChI is InChI=1S/C12H13N2O.HI/c1-11(15)14-10-6-3-7-12(14)13-8-4-2-5-9-13;/h2-10,12H,1H3;1H/q+1;/p-1. The number of pyridine rings is 1. The first-order valence-corrected chi connectivity index (χ1v) is 4.89. The van der Waals surface area contributed by atoms with E-state index in [0.29, 0.717) is 0 Å². The van der Waals surface area contributed by atoms with Gasteiger partial charge >= 0.3 is 0 Å². The molecule has 0 saturated heterocycles. The van der Waals surface area contributed by atoms with Crippen molar-refractivity contribution in [2.75, 3.05) is 0 Å². The summed E-state index contributed by atoms with van der Waals surface area (Å²) < 4.78 is 1.99. The van der Waals surface area contributed by atoms with Crippen molar-refractivity contribution in [2.45, 2.75) is 13.1 Å². The summed E-state index contributed by atoms with van der Waals surface area (Å²) in [6, 6.07) is 5.85. The Morgan fingerprint density at radius 3 is 2.50 bits per heavy atom. The third-order valence-corrected chi connectivity index (χ3v) is 2.33. The van der Waals surface area contributed by atoms with E-state index in [0.717, 1.165) is 0 Å². The number of halogens is 1. The number of allylic oxidation sites excluding steroid dienone is 2. The Morgan fingerprint density at radius 1 is 1.19 bits per heavy atom. The van der Waals surface area contributed by atoms with Crippen LogP contribution in [0.2, 0.25) is 0 Å². The first kappa shape index (κ1) is 12.9. The Morgan fingerprint density at radius 2 is 1.88 bits per heavy atom. The Balaban J connectivity index is 0.00000128. The fraction of sp³-hybridized carbons (Fsp3) is 0.167. The lowest BCUT2D eigenvalue weighted by Crippen LogP contribution is -3.00. The molecule has 0 fully saturated rings. The first-order valence-electron chi connectivity index (χ1n) is 4.89. The van der Waals surface area contributed by atoms with Crippen LogP contribution in [0.25, 0.3) is 0 Å². The van der Waals surface area contributed by atoms with E-state index < -0.39 is 0 Å². The number of nitrogens with zero attached hydrogens (tertiary/aromatic N) is 2. The number of amides is 1. The van der Waals surface area contributed by atoms with Crippen LogP contribution < -0.4 is 28.5 Å². The molecule has 1 aromatic heterocycles. The molecule has 0 spiro atoms. The van der Waals surface area contributed by atoms with Crippen LogP contribution in [0.15, 0.2) is 55.0 Å². The van der Waals surface area contributed by atoms with Gasteiger partial charge in [-0.3, -0.25) is 9.69 Å². The Kier molecular flexibility index (Phi) is 4.67. The van der Waals surface area contributed by atoms with E-state index in [1.54, 1.807) is 18.0 Å². The molecule has 0 saturated carbocycles. The maximum atomic E-state index is 11.4. The highest BCUT2D eigenvalue weighted by molar-refractivity contribution is 5.74. The van der Waals surface area contributed by atoms with Crippen LogP contribution in [0.3, 0.4) is 0 Å². The van der Waals surface area contributed by atoms with Crippen molar-refractivity contribution in [1.29, 1.82) is 0 Å². The SMILES string of the molecule is CC(=O)N1C=CC=CC1[n+]1ccccc1.[I-]. The van der Waals surface area contributed by atoms with Gasteiger partial charge in [-0.25, -0.2) is 0 Å². The van der Waals surface area contributed by atoms with E-state index in [1.165, 1.54) is 0 Å². The van der Waals surface area contributed by atoms with Crippen molar-refractivity contribution in [2.24, 2.45) is 0 Å². The van der Waals surface area contributed by atoms with Gasteiger partial charge in [0.15, 0.2) is 12.4 Å². The van der Waals surface area contributed by atoms with Gasteiger partial charge in [0.05, 0.1) is 0 Å². The summed E-state index contributed by atoms with van der Waals surface area (Å²) in [5, 5.41) is 0. The van der Waals surface area contributed by atoms with Gasteiger partial charge in [0.2, 0.25) is 5.91 Å². The molecular weight excluding hydrogens is 315 g/mol. The molecule has 0 N–H and O–H groups in total. The zero-order chi connectivity index (χ0) is 10.7. The second kappa shape index (κ2) is 5.79. The normalized spacial score (nSPS) is 18.1. The molecular formula is C12H13IN2O. The molecule has 1 aromatic rings. The maximum absolute atomic E-state index is 11.4. The lowest BCUT2D eigenvalue weighted by Gasteiger charge is -2.22. The van der Waals surface area contributed by atoms with Crippen LogP contribution in [-0.2, 0) is 4.79 Å². The van der Waals surface area contributed by atoms with E-state index >= 15 is 0 Å². The van der Waals surface area contributed by atoms with E-state index in [4.69, 9.17) is 0 Å². The minimum absolute atomic E-state index is 0. The monoisotopic (exact) mass is 328 g/mol. The minimum atomic E-state index is -0.0475. The fourth-order valence-corrected chi connectivity index (χ4v) is 1.61. The van der Waals surface area contributed by atoms with Crippen molar-refractivity contribution in [1.82, 2.24) is 4.90 Å². The maximum Gasteiger partial charge on any atom is 0.259 e. The van der Waals surface area contributed by atoms with Crippen LogP contribution in [0.4, 0.5) is 0 Å². The van der Waals surface area contributed by atoms with Crippen molar-refractivity contribution in [3.8, 4) is 0 Å². The molecule has 0 aliphatic carbocycles. The molecule has 1 atom stereocenters. The molecule has 0 radical (unpaired) electrons. The Hall–Kier alpha value is -1.17. The minimum Gasteiger partial charge on any atom is -1.00 e. The van der Waals surface area contributed by atoms with Crippen LogP contribution in [-0.4, -0.2) is 10.8 Å². The van der Waals surface area contributed by atoms with E-state index in [1.807, 2.05) is 53.4 Å². The lowest BCUT2D eigenvalue weighted by atomic mass is 10.2. The van der Waals surface area contributed by atoms with Crippen molar-refractivity contribution >= 4 is 5.91 Å². The van der Waals surface area contributed by atoms with Gasteiger partial charge in [0.25, 0.3) is 6.17 Å². The second-order valence-corrected chi connectivity index (χ2v) is 3.39.